The molecule has 0 fully saturated rings. The van der Waals surface area contributed by atoms with Gasteiger partial charge in [-0.3, -0.25) is 0 Å². The lowest BCUT2D eigenvalue weighted by Gasteiger charge is -2.11. The third kappa shape index (κ3) is 2.77. The highest BCUT2D eigenvalue weighted by molar-refractivity contribution is 6.39. The van der Waals surface area contributed by atoms with Crippen molar-refractivity contribution < 1.29 is 4.39 Å². The van der Waals surface area contributed by atoms with E-state index in [1.807, 2.05) is 0 Å². The number of nitrogens with one attached hydrogen (secondary N) is 1. The Morgan fingerprint density at radius 3 is 2.45 bits per heavy atom. The van der Waals surface area contributed by atoms with Crippen molar-refractivity contribution >= 4 is 28.9 Å². The Morgan fingerprint density at radius 2 is 1.70 bits per heavy atom. The topological polar surface area (TPSA) is 12.0 Å². The molecule has 2 aromatic carbocycles. The van der Waals surface area contributed by atoms with Crippen LogP contribution in [-0.2, 0) is 19.4 Å². The van der Waals surface area contributed by atoms with Crippen LogP contribution < -0.4 is 5.32 Å². The summed E-state index contributed by atoms with van der Waals surface area (Å²) in [7, 11) is 0. The third-order valence-corrected chi connectivity index (χ3v) is 4.24. The normalized spacial score (nSPS) is 13.3. The molecular formula is C16H14Cl2FN. The minimum atomic E-state index is -0.428. The molecule has 0 radical (unpaired) electrons. The second-order valence-corrected chi connectivity index (χ2v) is 5.87. The van der Waals surface area contributed by atoms with Gasteiger partial charge in [-0.15, -0.1) is 0 Å². The van der Waals surface area contributed by atoms with Gasteiger partial charge in [-0.05, 0) is 48.1 Å². The summed E-state index contributed by atoms with van der Waals surface area (Å²) in [5, 5.41) is 3.79. The number of halogens is 3. The van der Waals surface area contributed by atoms with Crippen LogP contribution in [0.3, 0.4) is 0 Å². The Kier molecular flexibility index (Phi) is 3.86. The fraction of sp³-hybridized carbons (Fsp3) is 0.250. The first-order valence-electron chi connectivity index (χ1n) is 6.62. The van der Waals surface area contributed by atoms with E-state index >= 15 is 0 Å². The average molecular weight is 310 g/mol. The number of anilines is 1. The minimum absolute atomic E-state index is 0.302. The molecule has 1 N–H and O–H groups in total. The van der Waals surface area contributed by atoms with Gasteiger partial charge in [-0.1, -0.05) is 41.4 Å². The smallest absolute Gasteiger partial charge is 0.126 e. The van der Waals surface area contributed by atoms with E-state index in [0.717, 1.165) is 6.42 Å². The molecule has 0 heterocycles. The van der Waals surface area contributed by atoms with Crippen molar-refractivity contribution in [2.45, 2.75) is 25.8 Å². The van der Waals surface area contributed by atoms with Crippen molar-refractivity contribution in [3.63, 3.8) is 0 Å². The van der Waals surface area contributed by atoms with Gasteiger partial charge in [0.15, 0.2) is 0 Å². The molecule has 0 bridgehead atoms. The maximum absolute atomic E-state index is 13.1. The molecule has 0 aromatic heterocycles. The zero-order valence-corrected chi connectivity index (χ0v) is 12.4. The molecule has 0 amide bonds. The number of rotatable bonds is 3. The molecule has 20 heavy (non-hydrogen) atoms. The zero-order valence-electron chi connectivity index (χ0n) is 10.8. The van der Waals surface area contributed by atoms with Crippen LogP contribution in [0, 0.1) is 5.82 Å². The number of hydrogen-bond acceptors (Lipinski definition) is 1. The monoisotopic (exact) mass is 309 g/mol. The summed E-state index contributed by atoms with van der Waals surface area (Å²) in [6, 6.07) is 9.05. The van der Waals surface area contributed by atoms with Gasteiger partial charge in [0.05, 0.1) is 15.7 Å². The van der Waals surface area contributed by atoms with Gasteiger partial charge in [-0.2, -0.15) is 0 Å². The number of aryl methyl sites for hydroxylation is 2. The van der Waals surface area contributed by atoms with E-state index in [-0.39, 0.29) is 0 Å². The minimum Gasteiger partial charge on any atom is -0.379 e. The van der Waals surface area contributed by atoms with Crippen LogP contribution in [0.2, 0.25) is 10.0 Å². The highest BCUT2D eigenvalue weighted by atomic mass is 35.5. The average Bonchev–Trinajstić information content (AvgIpc) is 2.84. The molecule has 4 heteroatoms. The summed E-state index contributed by atoms with van der Waals surface area (Å²) in [5.74, 6) is -0.428. The zero-order chi connectivity index (χ0) is 14.1. The highest BCUT2D eigenvalue weighted by Crippen LogP contribution is 2.32. The Hall–Kier alpha value is -1.25. The summed E-state index contributed by atoms with van der Waals surface area (Å²) in [6.45, 7) is 0.623. The van der Waals surface area contributed by atoms with Crippen LogP contribution in [0.4, 0.5) is 10.1 Å². The van der Waals surface area contributed by atoms with E-state index in [1.54, 1.807) is 0 Å². The van der Waals surface area contributed by atoms with Crippen LogP contribution >= 0.6 is 23.2 Å². The summed E-state index contributed by atoms with van der Waals surface area (Å²) in [5.41, 5.74) is 4.64. The van der Waals surface area contributed by atoms with Crippen LogP contribution in [0.1, 0.15) is 23.1 Å². The first-order valence-corrected chi connectivity index (χ1v) is 7.38. The van der Waals surface area contributed by atoms with Crippen molar-refractivity contribution in [2.75, 3.05) is 5.32 Å². The van der Waals surface area contributed by atoms with Crippen molar-refractivity contribution in [1.29, 1.82) is 0 Å². The van der Waals surface area contributed by atoms with Gasteiger partial charge in [0, 0.05) is 6.54 Å². The van der Waals surface area contributed by atoms with Crippen LogP contribution in [-0.4, -0.2) is 0 Å². The van der Waals surface area contributed by atoms with E-state index in [9.17, 15) is 4.39 Å². The lowest BCUT2D eigenvalue weighted by molar-refractivity contribution is 0.628. The standard InChI is InChI=1S/C16H14Cl2FN/c17-14-7-13(19)8-15(18)16(14)20-9-10-4-5-11-2-1-3-12(11)6-10/h4-8,20H,1-3,9H2. The fourth-order valence-corrected chi connectivity index (χ4v) is 3.23. The van der Waals surface area contributed by atoms with E-state index in [2.05, 4.69) is 23.5 Å². The second kappa shape index (κ2) is 5.63. The number of fused-ring (bicyclic) bond motifs is 1. The van der Waals surface area contributed by atoms with Gasteiger partial charge >= 0.3 is 0 Å². The van der Waals surface area contributed by atoms with Gasteiger partial charge in [0.25, 0.3) is 0 Å². The molecule has 0 atom stereocenters. The van der Waals surface area contributed by atoms with E-state index in [0.29, 0.717) is 22.3 Å². The Balaban J connectivity index is 1.77. The summed E-state index contributed by atoms with van der Waals surface area (Å²) in [6.07, 6.45) is 3.57. The van der Waals surface area contributed by atoms with Gasteiger partial charge in [0.1, 0.15) is 5.82 Å². The molecule has 1 nitrogen and oxygen atoms in total. The first kappa shape index (κ1) is 13.7. The van der Waals surface area contributed by atoms with E-state index in [1.165, 1.54) is 41.7 Å². The SMILES string of the molecule is Fc1cc(Cl)c(NCc2ccc3c(c2)CCC3)c(Cl)c1. The molecule has 104 valence electrons. The molecule has 1 aliphatic rings. The molecule has 0 aliphatic heterocycles. The molecule has 0 saturated carbocycles. The predicted octanol–water partition coefficient (Wildman–Crippen LogP) is 5.23. The Bertz CT molecular complexity index is 632. The first-order chi connectivity index (χ1) is 9.63. The molecular weight excluding hydrogens is 296 g/mol. The molecule has 2 aromatic rings. The maximum Gasteiger partial charge on any atom is 0.126 e. The fourth-order valence-electron chi connectivity index (χ4n) is 2.64. The van der Waals surface area contributed by atoms with E-state index in [4.69, 9.17) is 23.2 Å². The number of benzene rings is 2. The summed E-state index contributed by atoms with van der Waals surface area (Å²) < 4.78 is 13.1. The lowest BCUT2D eigenvalue weighted by atomic mass is 10.1. The molecule has 3 rings (SSSR count). The van der Waals surface area contributed by atoms with Crippen LogP contribution in [0.15, 0.2) is 30.3 Å². The van der Waals surface area contributed by atoms with Crippen molar-refractivity contribution in [3.8, 4) is 0 Å². The molecule has 1 aliphatic carbocycles. The Morgan fingerprint density at radius 1 is 1.00 bits per heavy atom. The summed E-state index contributed by atoms with van der Waals surface area (Å²) >= 11 is 12.0. The quantitative estimate of drug-likeness (QED) is 0.818. The summed E-state index contributed by atoms with van der Waals surface area (Å²) in [4.78, 5) is 0. The lowest BCUT2D eigenvalue weighted by Crippen LogP contribution is -2.02. The molecule has 0 saturated heterocycles. The highest BCUT2D eigenvalue weighted by Gasteiger charge is 2.12. The van der Waals surface area contributed by atoms with Gasteiger partial charge in [0.2, 0.25) is 0 Å². The Labute approximate surface area is 127 Å². The third-order valence-electron chi connectivity index (χ3n) is 3.64. The number of hydrogen-bond donors (Lipinski definition) is 1. The van der Waals surface area contributed by atoms with E-state index < -0.39 is 5.82 Å². The van der Waals surface area contributed by atoms with Crippen molar-refractivity contribution in [1.82, 2.24) is 0 Å². The van der Waals surface area contributed by atoms with Crippen LogP contribution in [0.25, 0.3) is 0 Å². The van der Waals surface area contributed by atoms with Crippen LogP contribution in [0.5, 0.6) is 0 Å². The predicted molar refractivity (Wildman–Crippen MR) is 82.2 cm³/mol. The molecule has 0 unspecified atom stereocenters. The second-order valence-electron chi connectivity index (χ2n) is 5.05. The maximum atomic E-state index is 13.1. The van der Waals surface area contributed by atoms with Gasteiger partial charge in [-0.25, -0.2) is 4.39 Å². The van der Waals surface area contributed by atoms with Crippen molar-refractivity contribution in [2.24, 2.45) is 0 Å². The van der Waals surface area contributed by atoms with Gasteiger partial charge < -0.3 is 5.32 Å². The largest absolute Gasteiger partial charge is 0.379 e. The van der Waals surface area contributed by atoms with Crippen molar-refractivity contribution in [3.05, 3.63) is 62.9 Å². The molecule has 0 spiro atoms.